The van der Waals surface area contributed by atoms with Gasteiger partial charge in [-0.1, -0.05) is 0 Å². The van der Waals surface area contributed by atoms with Crippen LogP contribution in [-0.4, -0.2) is 44.9 Å². The van der Waals surface area contributed by atoms with Crippen LogP contribution < -0.4 is 10.1 Å². The summed E-state index contributed by atoms with van der Waals surface area (Å²) in [5.74, 6) is -0.474. The molecule has 8 heteroatoms. The van der Waals surface area contributed by atoms with Crippen LogP contribution in [0.1, 0.15) is 17.3 Å². The fourth-order valence-electron chi connectivity index (χ4n) is 1.71. The maximum Gasteiger partial charge on any atom is 0.338 e. The molecule has 0 spiro atoms. The van der Waals surface area contributed by atoms with Crippen LogP contribution in [0.25, 0.3) is 0 Å². The number of nitro benzene ring substituents is 1. The van der Waals surface area contributed by atoms with E-state index in [1.807, 2.05) is 6.92 Å². The molecule has 0 amide bonds. The Hall–Kier alpha value is -2.35. The summed E-state index contributed by atoms with van der Waals surface area (Å²) in [6, 6.07) is 2.54. The summed E-state index contributed by atoms with van der Waals surface area (Å²) in [4.78, 5) is 22.1. The van der Waals surface area contributed by atoms with E-state index in [0.717, 1.165) is 6.07 Å². The zero-order valence-electron chi connectivity index (χ0n) is 12.2. The summed E-state index contributed by atoms with van der Waals surface area (Å²) in [6.45, 7) is 3.19. The molecule has 0 aliphatic heterocycles. The van der Waals surface area contributed by atoms with E-state index in [0.29, 0.717) is 19.8 Å². The zero-order chi connectivity index (χ0) is 15.8. The van der Waals surface area contributed by atoms with Gasteiger partial charge < -0.3 is 19.5 Å². The number of nitrogens with zero attached hydrogens (tertiary/aromatic N) is 1. The Morgan fingerprint density at radius 3 is 2.62 bits per heavy atom. The SMILES string of the molecule is CCOCCNc1c(OC)cc(C(=O)OC)cc1[N+](=O)[O-]. The number of nitrogens with one attached hydrogen (secondary N) is 1. The molecule has 0 aromatic heterocycles. The van der Waals surface area contributed by atoms with Crippen molar-refractivity contribution in [1.82, 2.24) is 0 Å². The third-order valence-corrected chi connectivity index (χ3v) is 2.67. The highest BCUT2D eigenvalue weighted by Crippen LogP contribution is 2.35. The second-order valence-electron chi connectivity index (χ2n) is 3.95. The van der Waals surface area contributed by atoms with Gasteiger partial charge in [0.05, 0.1) is 31.3 Å². The summed E-state index contributed by atoms with van der Waals surface area (Å²) in [6.07, 6.45) is 0. The molecule has 0 bridgehead atoms. The molecule has 0 unspecified atom stereocenters. The van der Waals surface area contributed by atoms with Crippen LogP contribution in [0.5, 0.6) is 5.75 Å². The van der Waals surface area contributed by atoms with Crippen LogP contribution in [0.3, 0.4) is 0 Å². The molecule has 1 rings (SSSR count). The van der Waals surface area contributed by atoms with Gasteiger partial charge in [0.1, 0.15) is 5.75 Å². The second-order valence-corrected chi connectivity index (χ2v) is 3.95. The summed E-state index contributed by atoms with van der Waals surface area (Å²) in [5.41, 5.74) is -0.00230. The number of anilines is 1. The van der Waals surface area contributed by atoms with Gasteiger partial charge in [0.2, 0.25) is 0 Å². The Labute approximate surface area is 122 Å². The van der Waals surface area contributed by atoms with Gasteiger partial charge >= 0.3 is 5.97 Å². The van der Waals surface area contributed by atoms with Gasteiger partial charge in [0.15, 0.2) is 5.69 Å². The number of nitro groups is 1. The van der Waals surface area contributed by atoms with E-state index in [4.69, 9.17) is 9.47 Å². The molecule has 0 fully saturated rings. The minimum Gasteiger partial charge on any atom is -0.494 e. The van der Waals surface area contributed by atoms with E-state index in [9.17, 15) is 14.9 Å². The van der Waals surface area contributed by atoms with E-state index in [1.54, 1.807) is 0 Å². The van der Waals surface area contributed by atoms with Gasteiger partial charge in [-0.25, -0.2) is 4.79 Å². The maximum atomic E-state index is 11.5. The molecule has 1 aromatic rings. The highest BCUT2D eigenvalue weighted by atomic mass is 16.6. The number of ether oxygens (including phenoxy) is 3. The number of esters is 1. The fraction of sp³-hybridized carbons (Fsp3) is 0.462. The Morgan fingerprint density at radius 2 is 2.10 bits per heavy atom. The minimum absolute atomic E-state index is 0.0522. The van der Waals surface area contributed by atoms with Gasteiger partial charge in [-0.3, -0.25) is 10.1 Å². The van der Waals surface area contributed by atoms with Crippen molar-refractivity contribution < 1.29 is 23.9 Å². The number of carbonyl (C=O) groups is 1. The molecule has 0 saturated heterocycles. The van der Waals surface area contributed by atoms with Crippen molar-refractivity contribution in [3.05, 3.63) is 27.8 Å². The van der Waals surface area contributed by atoms with Gasteiger partial charge in [0, 0.05) is 19.2 Å². The summed E-state index contributed by atoms with van der Waals surface area (Å²) in [7, 11) is 2.57. The van der Waals surface area contributed by atoms with E-state index in [-0.39, 0.29) is 22.7 Å². The lowest BCUT2D eigenvalue weighted by Gasteiger charge is -2.13. The molecule has 1 N–H and O–H groups in total. The van der Waals surface area contributed by atoms with Crippen molar-refractivity contribution in [3.8, 4) is 5.75 Å². The van der Waals surface area contributed by atoms with E-state index in [1.165, 1.54) is 20.3 Å². The summed E-state index contributed by atoms with van der Waals surface area (Å²) >= 11 is 0. The lowest BCUT2D eigenvalue weighted by atomic mass is 10.1. The molecule has 1 aromatic carbocycles. The third-order valence-electron chi connectivity index (χ3n) is 2.67. The predicted octanol–water partition coefficient (Wildman–Crippen LogP) is 1.84. The first-order valence-corrected chi connectivity index (χ1v) is 6.31. The highest BCUT2D eigenvalue weighted by molar-refractivity contribution is 5.92. The third kappa shape index (κ3) is 4.32. The van der Waals surface area contributed by atoms with Crippen molar-refractivity contribution in [3.63, 3.8) is 0 Å². The van der Waals surface area contributed by atoms with Crippen molar-refractivity contribution in [2.75, 3.05) is 39.3 Å². The topological polar surface area (TPSA) is 99.9 Å². The van der Waals surface area contributed by atoms with Gasteiger partial charge in [-0.2, -0.15) is 0 Å². The summed E-state index contributed by atoms with van der Waals surface area (Å²) < 4.78 is 14.8. The highest BCUT2D eigenvalue weighted by Gasteiger charge is 2.23. The average molecular weight is 298 g/mol. The van der Waals surface area contributed by atoms with Crippen LogP contribution >= 0.6 is 0 Å². The number of rotatable bonds is 8. The monoisotopic (exact) mass is 298 g/mol. The molecular formula is C13H18N2O6. The van der Waals surface area contributed by atoms with Crippen molar-refractivity contribution in [2.45, 2.75) is 6.92 Å². The van der Waals surface area contributed by atoms with Gasteiger partial charge in [-0.15, -0.1) is 0 Å². The van der Waals surface area contributed by atoms with Crippen LogP contribution in [0, 0.1) is 10.1 Å². The lowest BCUT2D eigenvalue weighted by Crippen LogP contribution is -2.12. The first-order valence-electron chi connectivity index (χ1n) is 6.31. The van der Waals surface area contributed by atoms with Gasteiger partial charge in [0.25, 0.3) is 5.69 Å². The van der Waals surface area contributed by atoms with Crippen molar-refractivity contribution >= 4 is 17.3 Å². The second kappa shape index (κ2) is 8.05. The maximum absolute atomic E-state index is 11.5. The first kappa shape index (κ1) is 16.7. The molecule has 0 radical (unpaired) electrons. The molecule has 0 aliphatic carbocycles. The normalized spacial score (nSPS) is 10.0. The molecular weight excluding hydrogens is 280 g/mol. The van der Waals surface area contributed by atoms with Crippen LogP contribution in [0.4, 0.5) is 11.4 Å². The number of methoxy groups -OCH3 is 2. The molecule has 0 atom stereocenters. The van der Waals surface area contributed by atoms with Crippen LogP contribution in [-0.2, 0) is 9.47 Å². The lowest BCUT2D eigenvalue weighted by molar-refractivity contribution is -0.384. The van der Waals surface area contributed by atoms with Gasteiger partial charge in [-0.05, 0) is 13.0 Å². The van der Waals surface area contributed by atoms with Crippen molar-refractivity contribution in [1.29, 1.82) is 0 Å². The first-order chi connectivity index (χ1) is 10.0. The Morgan fingerprint density at radius 1 is 1.38 bits per heavy atom. The quantitative estimate of drug-likeness (QED) is 0.338. The predicted molar refractivity (Wildman–Crippen MR) is 76.0 cm³/mol. The van der Waals surface area contributed by atoms with E-state index < -0.39 is 10.9 Å². The molecule has 0 aliphatic rings. The molecule has 0 saturated carbocycles. The fourth-order valence-corrected chi connectivity index (χ4v) is 1.71. The molecule has 116 valence electrons. The Balaban J connectivity index is 3.14. The number of hydrogen-bond donors (Lipinski definition) is 1. The van der Waals surface area contributed by atoms with Crippen molar-refractivity contribution in [2.24, 2.45) is 0 Å². The molecule has 0 heterocycles. The summed E-state index contributed by atoms with van der Waals surface area (Å²) in [5, 5.41) is 14.1. The number of benzene rings is 1. The average Bonchev–Trinajstić information content (AvgIpc) is 2.49. The standard InChI is InChI=1S/C13H18N2O6/c1-4-21-6-5-14-12-10(15(17)18)7-9(13(16)20-3)8-11(12)19-2/h7-8,14H,4-6H2,1-3H3. The minimum atomic E-state index is -0.669. The Bertz CT molecular complexity index is 518. The van der Waals surface area contributed by atoms with E-state index >= 15 is 0 Å². The smallest absolute Gasteiger partial charge is 0.338 e. The molecule has 21 heavy (non-hydrogen) atoms. The molecule has 8 nitrogen and oxygen atoms in total. The zero-order valence-corrected chi connectivity index (χ0v) is 12.2. The van der Waals surface area contributed by atoms with Crippen LogP contribution in [0.15, 0.2) is 12.1 Å². The Kier molecular flexibility index (Phi) is 6.41. The number of carbonyl (C=O) groups excluding carboxylic acids is 1. The van der Waals surface area contributed by atoms with Crippen LogP contribution in [0.2, 0.25) is 0 Å². The number of hydrogen-bond acceptors (Lipinski definition) is 7. The van der Waals surface area contributed by atoms with E-state index in [2.05, 4.69) is 10.1 Å². The largest absolute Gasteiger partial charge is 0.494 e.